The van der Waals surface area contributed by atoms with Gasteiger partial charge in [-0.25, -0.2) is 4.39 Å². The van der Waals surface area contributed by atoms with Crippen molar-refractivity contribution in [1.29, 1.82) is 5.26 Å². The van der Waals surface area contributed by atoms with Gasteiger partial charge in [-0.15, -0.1) is 0 Å². The summed E-state index contributed by atoms with van der Waals surface area (Å²) in [6, 6.07) is 12.4. The number of hydrogen-bond acceptors (Lipinski definition) is 3. The molecule has 0 heterocycles. The first kappa shape index (κ1) is 11.0. The summed E-state index contributed by atoms with van der Waals surface area (Å²) in [4.78, 5) is 0. The first-order chi connectivity index (χ1) is 8.19. The highest BCUT2D eigenvalue weighted by Crippen LogP contribution is 2.25. The van der Waals surface area contributed by atoms with Gasteiger partial charge >= 0.3 is 0 Å². The Labute approximate surface area is 97.9 Å². The first-order valence-electron chi connectivity index (χ1n) is 4.92. The zero-order valence-corrected chi connectivity index (χ0v) is 8.85. The van der Waals surface area contributed by atoms with E-state index in [1.165, 1.54) is 18.2 Å². The summed E-state index contributed by atoms with van der Waals surface area (Å²) in [5.41, 5.74) is 6.30. The SMILES string of the molecule is N#Cc1cc(Oc2cccc(F)c2)ccc1N. The lowest BCUT2D eigenvalue weighted by Crippen LogP contribution is -1.91. The fourth-order valence-electron chi connectivity index (χ4n) is 1.36. The lowest BCUT2D eigenvalue weighted by molar-refractivity contribution is 0.476. The fraction of sp³-hybridized carbons (Fsp3) is 0. The second kappa shape index (κ2) is 4.54. The van der Waals surface area contributed by atoms with Crippen LogP contribution in [0.4, 0.5) is 10.1 Å². The normalized spacial score (nSPS) is 9.65. The summed E-state index contributed by atoms with van der Waals surface area (Å²) in [7, 11) is 0. The zero-order chi connectivity index (χ0) is 12.3. The van der Waals surface area contributed by atoms with Crippen LogP contribution < -0.4 is 10.5 Å². The number of hydrogen-bond donors (Lipinski definition) is 1. The lowest BCUT2D eigenvalue weighted by Gasteiger charge is -2.06. The van der Waals surface area contributed by atoms with Gasteiger partial charge in [-0.3, -0.25) is 0 Å². The van der Waals surface area contributed by atoms with Crippen molar-refractivity contribution in [2.75, 3.05) is 5.73 Å². The fourth-order valence-corrected chi connectivity index (χ4v) is 1.36. The standard InChI is InChI=1S/C13H9FN2O/c14-10-2-1-3-11(7-10)17-12-4-5-13(16)9(6-12)8-15/h1-7H,16H2. The molecule has 2 N–H and O–H groups in total. The van der Waals surface area contributed by atoms with Gasteiger partial charge in [0, 0.05) is 17.8 Å². The van der Waals surface area contributed by atoms with Gasteiger partial charge < -0.3 is 10.5 Å². The number of benzene rings is 2. The molecule has 0 amide bonds. The molecule has 0 spiro atoms. The maximum absolute atomic E-state index is 12.9. The van der Waals surface area contributed by atoms with Gasteiger partial charge in [-0.1, -0.05) is 6.07 Å². The average Bonchev–Trinajstić information content (AvgIpc) is 2.32. The number of nitrogen functional groups attached to an aromatic ring is 1. The molecule has 2 aromatic carbocycles. The number of ether oxygens (including phenoxy) is 1. The van der Waals surface area contributed by atoms with Gasteiger partial charge in [0.25, 0.3) is 0 Å². The van der Waals surface area contributed by atoms with E-state index in [2.05, 4.69) is 0 Å². The molecule has 2 rings (SSSR count). The van der Waals surface area contributed by atoms with Gasteiger partial charge in [-0.05, 0) is 24.3 Å². The van der Waals surface area contributed by atoms with Crippen LogP contribution in [0.3, 0.4) is 0 Å². The average molecular weight is 228 g/mol. The molecular formula is C13H9FN2O. The van der Waals surface area contributed by atoms with Gasteiger partial charge in [0.15, 0.2) is 0 Å². The Morgan fingerprint density at radius 2 is 1.88 bits per heavy atom. The topological polar surface area (TPSA) is 59.0 Å². The Kier molecular flexibility index (Phi) is 2.93. The summed E-state index contributed by atoms with van der Waals surface area (Å²) in [6.45, 7) is 0. The summed E-state index contributed by atoms with van der Waals surface area (Å²) >= 11 is 0. The number of nitrogens with two attached hydrogens (primary N) is 1. The van der Waals surface area contributed by atoms with Crippen LogP contribution in [0, 0.1) is 17.1 Å². The van der Waals surface area contributed by atoms with Crippen molar-refractivity contribution < 1.29 is 9.13 Å². The van der Waals surface area contributed by atoms with Crippen molar-refractivity contribution in [3.8, 4) is 17.6 Å². The number of anilines is 1. The quantitative estimate of drug-likeness (QED) is 0.803. The minimum absolute atomic E-state index is 0.332. The molecule has 0 radical (unpaired) electrons. The molecule has 2 aromatic rings. The first-order valence-corrected chi connectivity index (χ1v) is 4.92. The third-order valence-corrected chi connectivity index (χ3v) is 2.18. The van der Waals surface area contributed by atoms with Crippen molar-refractivity contribution in [2.45, 2.75) is 0 Å². The van der Waals surface area contributed by atoms with E-state index >= 15 is 0 Å². The molecule has 0 aliphatic carbocycles. The lowest BCUT2D eigenvalue weighted by atomic mass is 10.2. The largest absolute Gasteiger partial charge is 0.457 e. The second-order valence-electron chi connectivity index (χ2n) is 3.42. The summed E-state index contributed by atoms with van der Waals surface area (Å²) in [5, 5.41) is 8.81. The molecule has 0 atom stereocenters. The molecule has 0 saturated heterocycles. The molecule has 3 nitrogen and oxygen atoms in total. The van der Waals surface area contributed by atoms with Crippen molar-refractivity contribution in [2.24, 2.45) is 0 Å². The van der Waals surface area contributed by atoms with Crippen LogP contribution in [-0.2, 0) is 0 Å². The van der Waals surface area contributed by atoms with E-state index in [0.29, 0.717) is 22.7 Å². The van der Waals surface area contributed by atoms with Crippen molar-refractivity contribution >= 4 is 5.69 Å². The van der Waals surface area contributed by atoms with Crippen LogP contribution in [0.5, 0.6) is 11.5 Å². The minimum atomic E-state index is -0.376. The molecule has 0 aromatic heterocycles. The Balaban J connectivity index is 2.28. The molecule has 0 unspecified atom stereocenters. The second-order valence-corrected chi connectivity index (χ2v) is 3.42. The third-order valence-electron chi connectivity index (χ3n) is 2.18. The Hall–Kier alpha value is -2.54. The van der Waals surface area contributed by atoms with E-state index in [4.69, 9.17) is 15.7 Å². The number of nitrogens with zero attached hydrogens (tertiary/aromatic N) is 1. The van der Waals surface area contributed by atoms with E-state index in [1.807, 2.05) is 6.07 Å². The predicted octanol–water partition coefficient (Wildman–Crippen LogP) is 3.07. The summed E-state index contributed by atoms with van der Waals surface area (Å²) < 4.78 is 18.3. The van der Waals surface area contributed by atoms with Crippen LogP contribution in [-0.4, -0.2) is 0 Å². The van der Waals surface area contributed by atoms with Gasteiger partial charge in [0.05, 0.1) is 5.56 Å². The maximum Gasteiger partial charge on any atom is 0.130 e. The Bertz CT molecular complexity index is 590. The summed E-state index contributed by atoms with van der Waals surface area (Å²) in [6.07, 6.45) is 0. The van der Waals surface area contributed by atoms with Crippen LogP contribution in [0.1, 0.15) is 5.56 Å². The molecular weight excluding hydrogens is 219 g/mol. The Morgan fingerprint density at radius 1 is 1.12 bits per heavy atom. The van der Waals surface area contributed by atoms with Crippen molar-refractivity contribution in [1.82, 2.24) is 0 Å². The van der Waals surface area contributed by atoms with E-state index in [1.54, 1.807) is 24.3 Å². The highest BCUT2D eigenvalue weighted by atomic mass is 19.1. The summed E-state index contributed by atoms with van der Waals surface area (Å²) in [5.74, 6) is 0.443. The van der Waals surface area contributed by atoms with E-state index in [0.717, 1.165) is 0 Å². The van der Waals surface area contributed by atoms with Crippen molar-refractivity contribution in [3.63, 3.8) is 0 Å². The minimum Gasteiger partial charge on any atom is -0.457 e. The molecule has 17 heavy (non-hydrogen) atoms. The molecule has 0 saturated carbocycles. The van der Waals surface area contributed by atoms with Crippen LogP contribution in [0.2, 0.25) is 0 Å². The van der Waals surface area contributed by atoms with Gasteiger partial charge in [0.2, 0.25) is 0 Å². The molecule has 0 bridgehead atoms. The molecule has 0 aliphatic rings. The number of halogens is 1. The number of nitriles is 1. The van der Waals surface area contributed by atoms with E-state index in [-0.39, 0.29) is 5.82 Å². The monoisotopic (exact) mass is 228 g/mol. The third kappa shape index (κ3) is 2.52. The molecule has 4 heteroatoms. The van der Waals surface area contributed by atoms with Crippen LogP contribution in [0.25, 0.3) is 0 Å². The molecule has 84 valence electrons. The van der Waals surface area contributed by atoms with Crippen molar-refractivity contribution in [3.05, 3.63) is 53.8 Å². The predicted molar refractivity (Wildman–Crippen MR) is 62.0 cm³/mol. The smallest absolute Gasteiger partial charge is 0.130 e. The zero-order valence-electron chi connectivity index (χ0n) is 8.85. The van der Waals surface area contributed by atoms with Crippen LogP contribution >= 0.6 is 0 Å². The van der Waals surface area contributed by atoms with Gasteiger partial charge in [0.1, 0.15) is 23.4 Å². The van der Waals surface area contributed by atoms with Gasteiger partial charge in [-0.2, -0.15) is 5.26 Å². The highest BCUT2D eigenvalue weighted by Gasteiger charge is 2.03. The Morgan fingerprint density at radius 3 is 2.59 bits per heavy atom. The highest BCUT2D eigenvalue weighted by molar-refractivity contribution is 5.57. The van der Waals surface area contributed by atoms with E-state index in [9.17, 15) is 4.39 Å². The van der Waals surface area contributed by atoms with E-state index < -0.39 is 0 Å². The molecule has 0 aliphatic heterocycles. The maximum atomic E-state index is 12.9. The number of rotatable bonds is 2. The molecule has 0 fully saturated rings. The van der Waals surface area contributed by atoms with Crippen LogP contribution in [0.15, 0.2) is 42.5 Å².